The molecule has 27 heavy (non-hydrogen) atoms. The molecule has 1 atom stereocenters. The van der Waals surface area contributed by atoms with Gasteiger partial charge in [0.05, 0.1) is 19.3 Å². The van der Waals surface area contributed by atoms with Gasteiger partial charge in [-0.3, -0.25) is 9.59 Å². The Morgan fingerprint density at radius 2 is 1.89 bits per heavy atom. The zero-order chi connectivity index (χ0) is 20.6. The van der Waals surface area contributed by atoms with Crippen molar-refractivity contribution in [2.75, 3.05) is 19.0 Å². The van der Waals surface area contributed by atoms with Crippen molar-refractivity contribution in [1.29, 1.82) is 0 Å². The number of thiophene rings is 1. The third-order valence-corrected chi connectivity index (χ3v) is 5.20. The third-order valence-electron chi connectivity index (χ3n) is 3.92. The van der Waals surface area contributed by atoms with E-state index in [0.717, 1.165) is 11.3 Å². The number of hydrogen-bond acceptors (Lipinski definition) is 6. The number of methoxy groups -OCH3 is 1. The molecule has 0 aliphatic heterocycles. The topological polar surface area (TPSA) is 81.7 Å². The van der Waals surface area contributed by atoms with Gasteiger partial charge in [0.15, 0.2) is 0 Å². The lowest BCUT2D eigenvalue weighted by molar-refractivity contribution is -0.140. The number of hydrogen-bond donors (Lipinski definition) is 1. The maximum Gasteiger partial charge on any atom is 0.341 e. The van der Waals surface area contributed by atoms with Crippen LogP contribution in [-0.4, -0.2) is 31.6 Å². The highest BCUT2D eigenvalue weighted by atomic mass is 32.1. The number of esters is 2. The molecule has 0 fully saturated rings. The molecule has 1 aromatic rings. The number of rotatable bonds is 9. The number of ether oxygens (including phenoxy) is 2. The van der Waals surface area contributed by atoms with Gasteiger partial charge in [0.1, 0.15) is 5.00 Å². The van der Waals surface area contributed by atoms with Gasteiger partial charge in [-0.2, -0.15) is 0 Å². The third kappa shape index (κ3) is 8.12. The molecule has 1 amide bonds. The molecule has 0 unspecified atom stereocenters. The number of anilines is 1. The van der Waals surface area contributed by atoms with E-state index in [9.17, 15) is 14.4 Å². The first kappa shape index (κ1) is 23.1. The number of amides is 1. The van der Waals surface area contributed by atoms with E-state index in [0.29, 0.717) is 17.0 Å². The average molecular weight is 398 g/mol. The van der Waals surface area contributed by atoms with E-state index in [4.69, 9.17) is 4.74 Å². The zero-order valence-electron chi connectivity index (χ0n) is 17.1. The van der Waals surface area contributed by atoms with Gasteiger partial charge in [0, 0.05) is 17.7 Å². The Bertz CT molecular complexity index is 660. The Kier molecular flexibility index (Phi) is 8.96. The molecule has 1 N–H and O–H groups in total. The summed E-state index contributed by atoms with van der Waals surface area (Å²) in [6.07, 6.45) is 1.73. The van der Waals surface area contributed by atoms with E-state index in [1.165, 1.54) is 18.4 Å². The fraction of sp³-hybridized carbons (Fsp3) is 0.650. The maximum atomic E-state index is 12.3. The van der Waals surface area contributed by atoms with Gasteiger partial charge < -0.3 is 14.8 Å². The van der Waals surface area contributed by atoms with Gasteiger partial charge in [0.25, 0.3) is 0 Å². The van der Waals surface area contributed by atoms with Gasteiger partial charge in [-0.1, -0.05) is 27.7 Å². The number of carbonyl (C=O) groups is 3. The Balaban J connectivity index is 2.90. The van der Waals surface area contributed by atoms with Crippen molar-refractivity contribution in [3.8, 4) is 0 Å². The van der Waals surface area contributed by atoms with Crippen molar-refractivity contribution >= 4 is 34.2 Å². The van der Waals surface area contributed by atoms with Crippen LogP contribution in [0.1, 0.15) is 81.5 Å². The summed E-state index contributed by atoms with van der Waals surface area (Å²) in [7, 11) is 1.32. The van der Waals surface area contributed by atoms with Crippen molar-refractivity contribution in [2.24, 2.45) is 5.41 Å². The molecule has 0 radical (unpaired) electrons. The molecule has 0 saturated carbocycles. The Morgan fingerprint density at radius 3 is 2.44 bits per heavy atom. The van der Waals surface area contributed by atoms with Crippen LogP contribution in [0.15, 0.2) is 6.07 Å². The van der Waals surface area contributed by atoms with Crippen molar-refractivity contribution in [3.63, 3.8) is 0 Å². The lowest BCUT2D eigenvalue weighted by Gasteiger charge is -2.22. The van der Waals surface area contributed by atoms with E-state index in [1.807, 2.05) is 6.07 Å². The number of nitrogens with one attached hydrogen (secondary N) is 1. The smallest absolute Gasteiger partial charge is 0.341 e. The largest absolute Gasteiger partial charge is 0.469 e. The standard InChI is InChI=1S/C20H31NO5S/c1-7-26-19(24)14-11-15(13(2)12-20(3,4)5)27-18(14)21-16(22)9-8-10-17(23)25-6/h11,13H,7-10,12H2,1-6H3,(H,21,22)/t13-/m1/s1. The molecule has 1 rings (SSSR count). The summed E-state index contributed by atoms with van der Waals surface area (Å²) < 4.78 is 9.69. The highest BCUT2D eigenvalue weighted by Crippen LogP contribution is 2.38. The van der Waals surface area contributed by atoms with E-state index in [2.05, 4.69) is 37.7 Å². The second-order valence-corrected chi connectivity index (χ2v) is 8.84. The van der Waals surface area contributed by atoms with Crippen molar-refractivity contribution in [2.45, 2.75) is 66.2 Å². The first-order valence-electron chi connectivity index (χ1n) is 9.25. The molecule has 1 aromatic heterocycles. The Labute approximate surface area is 165 Å². The van der Waals surface area contributed by atoms with Crippen LogP contribution in [-0.2, 0) is 19.1 Å². The molecule has 7 heteroatoms. The second kappa shape index (κ2) is 10.4. The molecule has 0 bridgehead atoms. The zero-order valence-corrected chi connectivity index (χ0v) is 18.0. The summed E-state index contributed by atoms with van der Waals surface area (Å²) in [6, 6.07) is 1.82. The van der Waals surface area contributed by atoms with Crippen LogP contribution in [0, 0.1) is 5.41 Å². The minimum Gasteiger partial charge on any atom is -0.469 e. The summed E-state index contributed by atoms with van der Waals surface area (Å²) >= 11 is 1.41. The molecule has 0 spiro atoms. The predicted octanol–water partition coefficient (Wildman–Crippen LogP) is 4.75. The normalized spacial score (nSPS) is 12.4. The van der Waals surface area contributed by atoms with E-state index in [-0.39, 0.29) is 42.7 Å². The minimum absolute atomic E-state index is 0.158. The molecule has 0 aliphatic carbocycles. The molecule has 152 valence electrons. The molecule has 1 heterocycles. The summed E-state index contributed by atoms with van der Waals surface area (Å²) in [6.45, 7) is 10.7. The molecular weight excluding hydrogens is 366 g/mol. The highest BCUT2D eigenvalue weighted by Gasteiger charge is 2.24. The first-order valence-corrected chi connectivity index (χ1v) is 10.1. The monoisotopic (exact) mass is 397 g/mol. The van der Waals surface area contributed by atoms with Crippen LogP contribution >= 0.6 is 11.3 Å². The van der Waals surface area contributed by atoms with Crippen molar-refractivity contribution in [3.05, 3.63) is 16.5 Å². The Hall–Kier alpha value is -1.89. The van der Waals surface area contributed by atoms with Crippen molar-refractivity contribution in [1.82, 2.24) is 0 Å². The summed E-state index contributed by atoms with van der Waals surface area (Å²) in [5, 5.41) is 3.31. The van der Waals surface area contributed by atoms with Crippen molar-refractivity contribution < 1.29 is 23.9 Å². The number of carbonyl (C=O) groups excluding carboxylic acids is 3. The summed E-state index contributed by atoms with van der Waals surface area (Å²) in [4.78, 5) is 36.7. The van der Waals surface area contributed by atoms with Crippen LogP contribution in [0.3, 0.4) is 0 Å². The quantitative estimate of drug-likeness (QED) is 0.608. The van der Waals surface area contributed by atoms with E-state index in [1.54, 1.807) is 6.92 Å². The molecular formula is C20H31NO5S. The lowest BCUT2D eigenvalue weighted by atomic mass is 9.85. The van der Waals surface area contributed by atoms with Gasteiger partial charge >= 0.3 is 11.9 Å². The maximum absolute atomic E-state index is 12.3. The van der Waals surface area contributed by atoms with Gasteiger partial charge in [-0.25, -0.2) is 4.79 Å². The molecule has 0 saturated heterocycles. The molecule has 0 aromatic carbocycles. The van der Waals surface area contributed by atoms with E-state index >= 15 is 0 Å². The molecule has 6 nitrogen and oxygen atoms in total. The van der Waals surface area contributed by atoms with Gasteiger partial charge in [-0.15, -0.1) is 11.3 Å². The van der Waals surface area contributed by atoms with Crippen LogP contribution < -0.4 is 5.32 Å². The van der Waals surface area contributed by atoms with Gasteiger partial charge in [0.2, 0.25) is 5.91 Å². The van der Waals surface area contributed by atoms with Crippen LogP contribution in [0.4, 0.5) is 5.00 Å². The predicted molar refractivity (Wildman–Crippen MR) is 107 cm³/mol. The van der Waals surface area contributed by atoms with Gasteiger partial charge in [-0.05, 0) is 37.2 Å². The minimum atomic E-state index is -0.437. The Morgan fingerprint density at radius 1 is 1.22 bits per heavy atom. The van der Waals surface area contributed by atoms with Crippen LogP contribution in [0.25, 0.3) is 0 Å². The molecule has 0 aliphatic rings. The fourth-order valence-corrected chi connectivity index (χ4v) is 3.92. The lowest BCUT2D eigenvalue weighted by Crippen LogP contribution is -2.14. The highest BCUT2D eigenvalue weighted by molar-refractivity contribution is 7.16. The second-order valence-electron chi connectivity index (χ2n) is 7.76. The fourth-order valence-electron chi connectivity index (χ4n) is 2.81. The van der Waals surface area contributed by atoms with Crippen LogP contribution in [0.2, 0.25) is 0 Å². The average Bonchev–Trinajstić information content (AvgIpc) is 2.97. The van der Waals surface area contributed by atoms with Crippen LogP contribution in [0.5, 0.6) is 0 Å². The summed E-state index contributed by atoms with van der Waals surface area (Å²) in [5.74, 6) is -0.758. The first-order chi connectivity index (χ1) is 12.6. The van der Waals surface area contributed by atoms with E-state index < -0.39 is 5.97 Å². The SMILES string of the molecule is CCOC(=O)c1cc([C@H](C)CC(C)(C)C)sc1NC(=O)CCCC(=O)OC. The summed E-state index contributed by atoms with van der Waals surface area (Å²) in [5.41, 5.74) is 0.545.